The Morgan fingerprint density at radius 3 is 2.88 bits per heavy atom. The second-order valence-electron chi connectivity index (χ2n) is 3.93. The van der Waals surface area contributed by atoms with Crippen LogP contribution in [0.4, 0.5) is 0 Å². The molecule has 0 aliphatic rings. The lowest BCUT2D eigenvalue weighted by Crippen LogP contribution is -2.31. The highest BCUT2D eigenvalue weighted by Gasteiger charge is 2.09. The number of carbonyl (C=O) groups excluding carboxylic acids is 1. The molecule has 17 heavy (non-hydrogen) atoms. The summed E-state index contributed by atoms with van der Waals surface area (Å²) in [5.74, 6) is 0.237. The molecule has 1 rings (SSSR count). The second kappa shape index (κ2) is 6.26. The van der Waals surface area contributed by atoms with Crippen LogP contribution in [0, 0.1) is 18.3 Å². The summed E-state index contributed by atoms with van der Waals surface area (Å²) >= 11 is 1.29. The van der Waals surface area contributed by atoms with Crippen molar-refractivity contribution in [3.63, 3.8) is 0 Å². The van der Waals surface area contributed by atoms with Crippen LogP contribution in [0.1, 0.15) is 25.1 Å². The average molecular weight is 249 g/mol. The molecular formula is C12H15N3OS. The lowest BCUT2D eigenvalue weighted by atomic mass is 10.3. The zero-order valence-corrected chi connectivity index (χ0v) is 11.0. The molecule has 0 saturated heterocycles. The van der Waals surface area contributed by atoms with Crippen LogP contribution in [0.25, 0.3) is 0 Å². The van der Waals surface area contributed by atoms with Crippen molar-refractivity contribution in [2.45, 2.75) is 31.8 Å². The van der Waals surface area contributed by atoms with Crippen molar-refractivity contribution in [3.8, 4) is 6.07 Å². The smallest absolute Gasteiger partial charge is 0.230 e. The van der Waals surface area contributed by atoms with E-state index in [1.807, 2.05) is 20.8 Å². The topological polar surface area (TPSA) is 65.8 Å². The monoisotopic (exact) mass is 249 g/mol. The van der Waals surface area contributed by atoms with Gasteiger partial charge in [-0.25, -0.2) is 4.98 Å². The van der Waals surface area contributed by atoms with Crippen LogP contribution in [0.3, 0.4) is 0 Å². The third kappa shape index (κ3) is 4.45. The van der Waals surface area contributed by atoms with Crippen LogP contribution in [0.15, 0.2) is 17.2 Å². The number of nitrogens with one attached hydrogen (secondary N) is 1. The van der Waals surface area contributed by atoms with E-state index in [0.717, 1.165) is 5.69 Å². The number of rotatable bonds is 4. The molecule has 0 aliphatic heterocycles. The number of thioether (sulfide) groups is 1. The van der Waals surface area contributed by atoms with Crippen molar-refractivity contribution in [2.24, 2.45) is 0 Å². The van der Waals surface area contributed by atoms with Gasteiger partial charge in [0, 0.05) is 11.7 Å². The predicted octanol–water partition coefficient (Wildman–Crippen LogP) is 1.88. The molecule has 4 nitrogen and oxygen atoms in total. The number of hydrogen-bond donors (Lipinski definition) is 1. The van der Waals surface area contributed by atoms with E-state index < -0.39 is 0 Å². The first-order valence-corrected chi connectivity index (χ1v) is 6.31. The molecular weight excluding hydrogens is 234 g/mol. The molecule has 0 saturated carbocycles. The standard InChI is InChI=1S/C12H15N3OS/c1-8(2)14-11(16)7-17-12-10(6-13)5-4-9(3)15-12/h4-5,8H,7H2,1-3H3,(H,14,16). The minimum atomic E-state index is -0.0443. The number of nitriles is 1. The summed E-state index contributed by atoms with van der Waals surface area (Å²) in [5.41, 5.74) is 1.36. The molecule has 1 amide bonds. The highest BCUT2D eigenvalue weighted by atomic mass is 32.2. The fraction of sp³-hybridized carbons (Fsp3) is 0.417. The summed E-state index contributed by atoms with van der Waals surface area (Å²) < 4.78 is 0. The second-order valence-corrected chi connectivity index (χ2v) is 4.89. The van der Waals surface area contributed by atoms with Gasteiger partial charge in [-0.15, -0.1) is 0 Å². The SMILES string of the molecule is Cc1ccc(C#N)c(SCC(=O)NC(C)C)n1. The Bertz CT molecular complexity index is 452. The van der Waals surface area contributed by atoms with Gasteiger partial charge in [0.25, 0.3) is 0 Å². The van der Waals surface area contributed by atoms with Crippen LogP contribution in [-0.2, 0) is 4.79 Å². The fourth-order valence-corrected chi connectivity index (χ4v) is 2.05. The van der Waals surface area contributed by atoms with Crippen molar-refractivity contribution in [1.82, 2.24) is 10.3 Å². The molecule has 0 spiro atoms. The van der Waals surface area contributed by atoms with E-state index in [1.165, 1.54) is 11.8 Å². The minimum Gasteiger partial charge on any atom is -0.353 e. The number of hydrogen-bond acceptors (Lipinski definition) is 4. The normalized spacial score (nSPS) is 10.1. The van der Waals surface area contributed by atoms with Crippen molar-refractivity contribution < 1.29 is 4.79 Å². The first kappa shape index (κ1) is 13.5. The molecule has 0 radical (unpaired) electrons. The molecule has 1 aromatic heterocycles. The number of aryl methyl sites for hydroxylation is 1. The van der Waals surface area contributed by atoms with E-state index in [2.05, 4.69) is 16.4 Å². The van der Waals surface area contributed by atoms with Gasteiger partial charge in [-0.05, 0) is 32.9 Å². The lowest BCUT2D eigenvalue weighted by Gasteiger charge is -2.08. The van der Waals surface area contributed by atoms with Crippen LogP contribution >= 0.6 is 11.8 Å². The third-order valence-corrected chi connectivity index (χ3v) is 2.90. The van der Waals surface area contributed by atoms with Crippen LogP contribution in [-0.4, -0.2) is 22.7 Å². The first-order chi connectivity index (χ1) is 8.02. The summed E-state index contributed by atoms with van der Waals surface area (Å²) in [4.78, 5) is 15.7. The molecule has 0 atom stereocenters. The molecule has 0 fully saturated rings. The van der Waals surface area contributed by atoms with Crippen molar-refractivity contribution in [2.75, 3.05) is 5.75 Å². The molecule has 1 aromatic rings. The maximum Gasteiger partial charge on any atom is 0.230 e. The van der Waals surface area contributed by atoms with Gasteiger partial charge >= 0.3 is 0 Å². The predicted molar refractivity (Wildman–Crippen MR) is 67.7 cm³/mol. The Hall–Kier alpha value is -1.54. The third-order valence-electron chi connectivity index (χ3n) is 1.91. The Morgan fingerprint density at radius 1 is 1.59 bits per heavy atom. The van der Waals surface area contributed by atoms with Crippen molar-refractivity contribution in [1.29, 1.82) is 5.26 Å². The van der Waals surface area contributed by atoms with E-state index in [9.17, 15) is 4.79 Å². The molecule has 0 aliphatic carbocycles. The number of nitrogens with zero attached hydrogens (tertiary/aromatic N) is 2. The van der Waals surface area contributed by atoms with E-state index >= 15 is 0 Å². The lowest BCUT2D eigenvalue weighted by molar-refractivity contribution is -0.119. The molecule has 0 aromatic carbocycles. The summed E-state index contributed by atoms with van der Waals surface area (Å²) in [5, 5.41) is 12.3. The number of carbonyl (C=O) groups is 1. The van der Waals surface area contributed by atoms with Gasteiger partial charge in [0.05, 0.1) is 11.3 Å². The maximum absolute atomic E-state index is 11.5. The summed E-state index contributed by atoms with van der Waals surface area (Å²) in [6.45, 7) is 5.68. The van der Waals surface area contributed by atoms with Gasteiger partial charge in [0.15, 0.2) is 0 Å². The summed E-state index contributed by atoms with van der Waals surface area (Å²) in [7, 11) is 0. The molecule has 1 heterocycles. The van der Waals surface area contributed by atoms with Crippen molar-refractivity contribution in [3.05, 3.63) is 23.4 Å². The Kier molecular flexibility index (Phi) is 4.98. The minimum absolute atomic E-state index is 0.0443. The van der Waals surface area contributed by atoms with E-state index in [4.69, 9.17) is 5.26 Å². The highest BCUT2D eigenvalue weighted by molar-refractivity contribution is 8.00. The molecule has 0 unspecified atom stereocenters. The van der Waals surface area contributed by atoms with Gasteiger partial charge in [-0.3, -0.25) is 4.79 Å². The Balaban J connectivity index is 2.66. The maximum atomic E-state index is 11.5. The van der Waals surface area contributed by atoms with Crippen LogP contribution < -0.4 is 5.32 Å². The molecule has 1 N–H and O–H groups in total. The van der Waals surface area contributed by atoms with Gasteiger partial charge in [0.2, 0.25) is 5.91 Å². The van der Waals surface area contributed by atoms with Gasteiger partial charge in [-0.2, -0.15) is 5.26 Å². The largest absolute Gasteiger partial charge is 0.353 e. The summed E-state index contributed by atoms with van der Waals surface area (Å²) in [6.07, 6.45) is 0. The molecule has 90 valence electrons. The number of aromatic nitrogens is 1. The van der Waals surface area contributed by atoms with Crippen molar-refractivity contribution >= 4 is 17.7 Å². The Morgan fingerprint density at radius 2 is 2.29 bits per heavy atom. The van der Waals surface area contributed by atoms with E-state index in [-0.39, 0.29) is 17.7 Å². The average Bonchev–Trinajstić information content (AvgIpc) is 2.25. The van der Waals surface area contributed by atoms with Gasteiger partial charge in [0.1, 0.15) is 11.1 Å². The number of amides is 1. The zero-order valence-electron chi connectivity index (χ0n) is 10.2. The quantitative estimate of drug-likeness (QED) is 0.827. The summed E-state index contributed by atoms with van der Waals surface area (Å²) in [6, 6.07) is 5.72. The van der Waals surface area contributed by atoms with E-state index in [0.29, 0.717) is 10.6 Å². The molecule has 0 bridgehead atoms. The van der Waals surface area contributed by atoms with Crippen LogP contribution in [0.5, 0.6) is 0 Å². The number of pyridine rings is 1. The zero-order chi connectivity index (χ0) is 12.8. The van der Waals surface area contributed by atoms with Crippen LogP contribution in [0.2, 0.25) is 0 Å². The Labute approximate surface area is 105 Å². The van der Waals surface area contributed by atoms with E-state index in [1.54, 1.807) is 12.1 Å². The van der Waals surface area contributed by atoms with Gasteiger partial charge in [-0.1, -0.05) is 11.8 Å². The first-order valence-electron chi connectivity index (χ1n) is 5.33. The molecule has 5 heteroatoms. The van der Waals surface area contributed by atoms with Gasteiger partial charge < -0.3 is 5.32 Å². The highest BCUT2D eigenvalue weighted by Crippen LogP contribution is 2.20. The fourth-order valence-electron chi connectivity index (χ4n) is 1.23.